The molecule has 3 heterocycles. The zero-order valence-electron chi connectivity index (χ0n) is 19.2. The summed E-state index contributed by atoms with van der Waals surface area (Å²) < 4.78 is 17.8. The van der Waals surface area contributed by atoms with Gasteiger partial charge >= 0.3 is 6.09 Å². The van der Waals surface area contributed by atoms with E-state index >= 15 is 0 Å². The van der Waals surface area contributed by atoms with Crippen LogP contribution >= 0.6 is 0 Å². The van der Waals surface area contributed by atoms with Crippen molar-refractivity contribution in [2.75, 3.05) is 13.1 Å². The van der Waals surface area contributed by atoms with Crippen molar-refractivity contribution in [1.82, 2.24) is 19.9 Å². The maximum absolute atomic E-state index is 12.4. The molecule has 0 saturated carbocycles. The van der Waals surface area contributed by atoms with Gasteiger partial charge in [0.15, 0.2) is 5.75 Å². The first-order valence-corrected chi connectivity index (χ1v) is 10.7. The first-order valence-electron chi connectivity index (χ1n) is 10.7. The Morgan fingerprint density at radius 1 is 1.23 bits per heavy atom. The quantitative estimate of drug-likeness (QED) is 0.659. The molecule has 31 heavy (non-hydrogen) atoms. The Hall–Kier alpha value is -2.90. The molecule has 1 saturated heterocycles. The van der Waals surface area contributed by atoms with E-state index in [1.165, 1.54) is 6.33 Å². The molecule has 2 aromatic rings. The van der Waals surface area contributed by atoms with E-state index in [2.05, 4.69) is 21.9 Å². The van der Waals surface area contributed by atoms with Crippen molar-refractivity contribution in [3.8, 4) is 17.5 Å². The second-order valence-electron chi connectivity index (χ2n) is 8.84. The summed E-state index contributed by atoms with van der Waals surface area (Å²) in [7, 11) is 0. The van der Waals surface area contributed by atoms with Gasteiger partial charge in [0.2, 0.25) is 11.8 Å². The average Bonchev–Trinajstić information content (AvgIpc) is 3.19. The third kappa shape index (κ3) is 5.83. The van der Waals surface area contributed by atoms with Gasteiger partial charge in [-0.15, -0.1) is 0 Å². The van der Waals surface area contributed by atoms with Gasteiger partial charge < -0.3 is 19.1 Å². The van der Waals surface area contributed by atoms with E-state index in [0.29, 0.717) is 30.6 Å². The lowest BCUT2D eigenvalue weighted by Gasteiger charge is -2.26. The molecule has 0 aromatic carbocycles. The third-order valence-corrected chi connectivity index (χ3v) is 5.22. The molecule has 2 aromatic heterocycles. The van der Waals surface area contributed by atoms with E-state index in [4.69, 9.17) is 14.2 Å². The number of hydrogen-bond donors (Lipinski definition) is 0. The largest absolute Gasteiger partial charge is 0.474 e. The van der Waals surface area contributed by atoms with Crippen molar-refractivity contribution in [3.05, 3.63) is 35.9 Å². The van der Waals surface area contributed by atoms with Crippen molar-refractivity contribution < 1.29 is 19.0 Å². The summed E-state index contributed by atoms with van der Waals surface area (Å²) in [6.07, 6.45) is 4.48. The Bertz CT molecular complexity index is 913. The number of carbonyl (C=O) groups is 1. The van der Waals surface area contributed by atoms with Crippen molar-refractivity contribution in [2.24, 2.45) is 5.92 Å². The standard InChI is InChI=1S/C23H32N4O4/c1-7-18(17-10-12-27(13-17)22(28)31-23(4,5)6)29-20-15(2)21(26-14-25-20)30-19-9-8-11-24-16(19)3/h8-9,11,14,17-18H,7,10,12-13H2,1-6H3/t17-,18+/m1/s1. The molecular weight excluding hydrogens is 396 g/mol. The molecule has 3 rings (SSSR count). The van der Waals surface area contributed by atoms with Crippen LogP contribution in [0.4, 0.5) is 4.79 Å². The highest BCUT2D eigenvalue weighted by molar-refractivity contribution is 5.68. The highest BCUT2D eigenvalue weighted by atomic mass is 16.6. The highest BCUT2D eigenvalue weighted by Gasteiger charge is 2.35. The van der Waals surface area contributed by atoms with Crippen LogP contribution in [-0.4, -0.2) is 50.7 Å². The normalized spacial score (nSPS) is 17.4. The van der Waals surface area contributed by atoms with Gasteiger partial charge in [-0.3, -0.25) is 4.98 Å². The number of aryl methyl sites for hydroxylation is 1. The van der Waals surface area contributed by atoms with Crippen LogP contribution in [-0.2, 0) is 4.74 Å². The molecular formula is C23H32N4O4. The molecule has 0 aliphatic carbocycles. The number of amides is 1. The first-order chi connectivity index (χ1) is 14.7. The summed E-state index contributed by atoms with van der Waals surface area (Å²) >= 11 is 0. The molecule has 168 valence electrons. The van der Waals surface area contributed by atoms with Crippen molar-refractivity contribution >= 4 is 6.09 Å². The average molecular weight is 429 g/mol. The van der Waals surface area contributed by atoms with E-state index < -0.39 is 5.60 Å². The lowest BCUT2D eigenvalue weighted by atomic mass is 9.99. The molecule has 0 bridgehead atoms. The molecule has 1 amide bonds. The van der Waals surface area contributed by atoms with Gasteiger partial charge in [0.1, 0.15) is 18.0 Å². The molecule has 0 N–H and O–H groups in total. The van der Waals surface area contributed by atoms with Crippen LogP contribution in [0.3, 0.4) is 0 Å². The number of carbonyl (C=O) groups excluding carboxylic acids is 1. The summed E-state index contributed by atoms with van der Waals surface area (Å²) in [6.45, 7) is 12.7. The second-order valence-corrected chi connectivity index (χ2v) is 8.84. The van der Waals surface area contributed by atoms with Gasteiger partial charge in [-0.1, -0.05) is 6.92 Å². The van der Waals surface area contributed by atoms with Gasteiger partial charge in [-0.05, 0) is 59.6 Å². The van der Waals surface area contributed by atoms with Crippen LogP contribution in [0, 0.1) is 19.8 Å². The van der Waals surface area contributed by atoms with Crippen molar-refractivity contribution in [1.29, 1.82) is 0 Å². The van der Waals surface area contributed by atoms with Gasteiger partial charge in [-0.2, -0.15) is 0 Å². The first kappa shape index (κ1) is 22.8. The predicted molar refractivity (Wildman–Crippen MR) is 116 cm³/mol. The predicted octanol–water partition coefficient (Wildman–Crippen LogP) is 4.70. The molecule has 0 radical (unpaired) electrons. The SMILES string of the molecule is CC[C@H](Oc1ncnc(Oc2cccnc2C)c1C)[C@@H]1CCN(C(=O)OC(C)(C)C)C1. The van der Waals surface area contributed by atoms with Gasteiger partial charge in [-0.25, -0.2) is 14.8 Å². The Kier molecular flexibility index (Phi) is 6.97. The fourth-order valence-corrected chi connectivity index (χ4v) is 3.56. The van der Waals surface area contributed by atoms with E-state index in [1.807, 2.05) is 46.8 Å². The number of nitrogens with zero attached hydrogens (tertiary/aromatic N) is 4. The number of aromatic nitrogens is 3. The fourth-order valence-electron chi connectivity index (χ4n) is 3.56. The molecule has 8 nitrogen and oxygen atoms in total. The van der Waals surface area contributed by atoms with Crippen LogP contribution < -0.4 is 9.47 Å². The summed E-state index contributed by atoms with van der Waals surface area (Å²) in [4.78, 5) is 27.0. The number of pyridine rings is 1. The van der Waals surface area contributed by atoms with Crippen LogP contribution in [0.2, 0.25) is 0 Å². The van der Waals surface area contributed by atoms with E-state index in [9.17, 15) is 4.79 Å². The van der Waals surface area contributed by atoms with Gasteiger partial charge in [0.25, 0.3) is 0 Å². The Morgan fingerprint density at radius 2 is 1.97 bits per heavy atom. The van der Waals surface area contributed by atoms with Crippen LogP contribution in [0.1, 0.15) is 51.8 Å². The minimum atomic E-state index is -0.503. The Labute approximate surface area is 184 Å². The highest BCUT2D eigenvalue weighted by Crippen LogP contribution is 2.31. The fraction of sp³-hybridized carbons (Fsp3) is 0.565. The summed E-state index contributed by atoms with van der Waals surface area (Å²) in [5.41, 5.74) is 1.01. The Balaban J connectivity index is 1.68. The van der Waals surface area contributed by atoms with E-state index in [-0.39, 0.29) is 18.1 Å². The van der Waals surface area contributed by atoms with Crippen molar-refractivity contribution in [3.63, 3.8) is 0 Å². The minimum Gasteiger partial charge on any atom is -0.474 e. The summed E-state index contributed by atoms with van der Waals surface area (Å²) in [5.74, 6) is 1.79. The minimum absolute atomic E-state index is 0.0750. The van der Waals surface area contributed by atoms with Crippen molar-refractivity contribution in [2.45, 2.75) is 66.1 Å². The zero-order valence-corrected chi connectivity index (χ0v) is 19.2. The monoisotopic (exact) mass is 428 g/mol. The molecule has 1 fully saturated rings. The smallest absolute Gasteiger partial charge is 0.410 e. The van der Waals surface area contributed by atoms with Crippen LogP contribution in [0.5, 0.6) is 17.5 Å². The number of ether oxygens (including phenoxy) is 3. The topological polar surface area (TPSA) is 86.7 Å². The lowest BCUT2D eigenvalue weighted by Crippen LogP contribution is -2.37. The molecule has 0 spiro atoms. The summed E-state index contributed by atoms with van der Waals surface area (Å²) in [6, 6.07) is 3.67. The number of likely N-dealkylation sites (tertiary alicyclic amines) is 1. The lowest BCUT2D eigenvalue weighted by molar-refractivity contribution is 0.0272. The number of hydrogen-bond acceptors (Lipinski definition) is 7. The van der Waals surface area contributed by atoms with E-state index in [1.54, 1.807) is 11.1 Å². The third-order valence-electron chi connectivity index (χ3n) is 5.22. The second kappa shape index (κ2) is 9.49. The van der Waals surface area contributed by atoms with Gasteiger partial charge in [0, 0.05) is 25.2 Å². The molecule has 8 heteroatoms. The molecule has 1 aliphatic rings. The maximum Gasteiger partial charge on any atom is 0.410 e. The van der Waals surface area contributed by atoms with Crippen LogP contribution in [0.15, 0.2) is 24.7 Å². The van der Waals surface area contributed by atoms with Crippen LogP contribution in [0.25, 0.3) is 0 Å². The molecule has 2 atom stereocenters. The Morgan fingerprint density at radius 3 is 2.65 bits per heavy atom. The summed E-state index contributed by atoms with van der Waals surface area (Å²) in [5, 5.41) is 0. The van der Waals surface area contributed by atoms with Gasteiger partial charge in [0.05, 0.1) is 11.3 Å². The molecule has 1 aliphatic heterocycles. The van der Waals surface area contributed by atoms with E-state index in [0.717, 1.165) is 24.1 Å². The number of rotatable bonds is 6. The maximum atomic E-state index is 12.4. The molecule has 0 unspecified atom stereocenters. The zero-order chi connectivity index (χ0) is 22.6.